The lowest BCUT2D eigenvalue weighted by Gasteiger charge is -2.14. The molecule has 0 radical (unpaired) electrons. The Kier molecular flexibility index (Phi) is 3.07. The van der Waals surface area contributed by atoms with Crippen LogP contribution < -0.4 is 11.1 Å². The Morgan fingerprint density at radius 1 is 1.53 bits per heavy atom. The van der Waals surface area contributed by atoms with E-state index in [-0.39, 0.29) is 17.6 Å². The number of carbonyl (C=O) groups is 1. The average molecular weight is 234 g/mol. The van der Waals surface area contributed by atoms with E-state index in [9.17, 15) is 9.90 Å². The highest BCUT2D eigenvalue weighted by Crippen LogP contribution is 2.58. The van der Waals surface area contributed by atoms with Crippen LogP contribution in [0.1, 0.15) is 24.8 Å². The number of phenolic OH excluding ortho intramolecular Hbond substituents is 1. The summed E-state index contributed by atoms with van der Waals surface area (Å²) in [4.78, 5) is 11.6. The van der Waals surface area contributed by atoms with Gasteiger partial charge in [0.05, 0.1) is 5.41 Å². The SMILES string of the molecule is CCNCC1(C(N)=O)CC1c1ccc(O)cc1. The quantitative estimate of drug-likeness (QED) is 0.710. The lowest BCUT2D eigenvalue weighted by atomic mass is 9.98. The zero-order valence-corrected chi connectivity index (χ0v) is 9.94. The number of carbonyl (C=O) groups excluding carboxylic acids is 1. The van der Waals surface area contributed by atoms with Crippen molar-refractivity contribution in [3.05, 3.63) is 29.8 Å². The van der Waals surface area contributed by atoms with Crippen molar-refractivity contribution in [2.75, 3.05) is 13.1 Å². The lowest BCUT2D eigenvalue weighted by Crippen LogP contribution is -2.36. The summed E-state index contributed by atoms with van der Waals surface area (Å²) in [6.45, 7) is 3.47. The molecule has 1 amide bonds. The molecule has 2 atom stereocenters. The summed E-state index contributed by atoms with van der Waals surface area (Å²) in [6.07, 6.45) is 0.792. The van der Waals surface area contributed by atoms with Gasteiger partial charge < -0.3 is 16.2 Å². The first-order valence-corrected chi connectivity index (χ1v) is 5.89. The lowest BCUT2D eigenvalue weighted by molar-refractivity contribution is -0.123. The van der Waals surface area contributed by atoms with Crippen molar-refractivity contribution < 1.29 is 9.90 Å². The fourth-order valence-corrected chi connectivity index (χ4v) is 2.35. The van der Waals surface area contributed by atoms with E-state index in [0.717, 1.165) is 18.5 Å². The molecule has 4 N–H and O–H groups in total. The molecule has 0 saturated heterocycles. The maximum absolute atomic E-state index is 11.6. The molecule has 4 nitrogen and oxygen atoms in total. The summed E-state index contributed by atoms with van der Waals surface area (Å²) in [5.41, 5.74) is 6.13. The van der Waals surface area contributed by atoms with Crippen LogP contribution in [0.2, 0.25) is 0 Å². The first kappa shape index (κ1) is 11.9. The number of benzene rings is 1. The summed E-state index contributed by atoms with van der Waals surface area (Å²) in [6, 6.07) is 7.01. The molecular formula is C13H18N2O2. The van der Waals surface area contributed by atoms with E-state index in [0.29, 0.717) is 6.54 Å². The van der Waals surface area contributed by atoms with Crippen LogP contribution in [0, 0.1) is 5.41 Å². The molecule has 1 aliphatic carbocycles. The third-order valence-corrected chi connectivity index (χ3v) is 3.55. The first-order chi connectivity index (χ1) is 8.10. The van der Waals surface area contributed by atoms with Gasteiger partial charge in [-0.2, -0.15) is 0 Å². The van der Waals surface area contributed by atoms with Crippen LogP contribution in [0.4, 0.5) is 0 Å². The summed E-state index contributed by atoms with van der Waals surface area (Å²) in [5.74, 6) is 0.182. The molecule has 17 heavy (non-hydrogen) atoms. The fourth-order valence-electron chi connectivity index (χ4n) is 2.35. The van der Waals surface area contributed by atoms with Crippen molar-refractivity contribution in [2.24, 2.45) is 11.1 Å². The highest BCUT2D eigenvalue weighted by molar-refractivity contribution is 5.86. The number of nitrogens with two attached hydrogens (primary N) is 1. The van der Waals surface area contributed by atoms with Gasteiger partial charge in [0.25, 0.3) is 0 Å². The van der Waals surface area contributed by atoms with Crippen LogP contribution in [0.25, 0.3) is 0 Å². The predicted octanol–water partition coefficient (Wildman–Crippen LogP) is 0.961. The van der Waals surface area contributed by atoms with Gasteiger partial charge in [-0.1, -0.05) is 19.1 Å². The molecule has 0 bridgehead atoms. The van der Waals surface area contributed by atoms with Crippen LogP contribution in [-0.4, -0.2) is 24.1 Å². The van der Waals surface area contributed by atoms with Crippen molar-refractivity contribution in [1.82, 2.24) is 5.32 Å². The fraction of sp³-hybridized carbons (Fsp3) is 0.462. The molecule has 0 heterocycles. The minimum atomic E-state index is -0.438. The molecular weight excluding hydrogens is 216 g/mol. The molecule has 1 aliphatic rings. The third-order valence-electron chi connectivity index (χ3n) is 3.55. The number of hydrogen-bond donors (Lipinski definition) is 3. The van der Waals surface area contributed by atoms with Gasteiger partial charge in [0.2, 0.25) is 5.91 Å². The Hall–Kier alpha value is -1.55. The van der Waals surface area contributed by atoms with E-state index in [1.165, 1.54) is 0 Å². The molecule has 0 aliphatic heterocycles. The smallest absolute Gasteiger partial charge is 0.225 e. The molecule has 1 fully saturated rings. The number of primary amides is 1. The van der Waals surface area contributed by atoms with E-state index >= 15 is 0 Å². The highest BCUT2D eigenvalue weighted by atomic mass is 16.3. The molecule has 2 unspecified atom stereocenters. The molecule has 0 spiro atoms. The summed E-state index contributed by atoms with van der Waals surface area (Å²) in [7, 11) is 0. The number of nitrogens with one attached hydrogen (secondary N) is 1. The number of rotatable bonds is 5. The molecule has 1 saturated carbocycles. The monoisotopic (exact) mass is 234 g/mol. The van der Waals surface area contributed by atoms with Crippen LogP contribution in [-0.2, 0) is 4.79 Å². The zero-order valence-electron chi connectivity index (χ0n) is 9.94. The highest BCUT2D eigenvalue weighted by Gasteiger charge is 2.58. The van der Waals surface area contributed by atoms with E-state index in [4.69, 9.17) is 5.73 Å². The van der Waals surface area contributed by atoms with Crippen molar-refractivity contribution >= 4 is 5.91 Å². The predicted molar refractivity (Wildman–Crippen MR) is 65.6 cm³/mol. The van der Waals surface area contributed by atoms with Crippen molar-refractivity contribution in [1.29, 1.82) is 0 Å². The largest absolute Gasteiger partial charge is 0.508 e. The maximum Gasteiger partial charge on any atom is 0.225 e. The minimum Gasteiger partial charge on any atom is -0.508 e. The van der Waals surface area contributed by atoms with Gasteiger partial charge >= 0.3 is 0 Å². The van der Waals surface area contributed by atoms with Gasteiger partial charge in [-0.05, 0) is 30.7 Å². The Morgan fingerprint density at radius 2 is 2.18 bits per heavy atom. The van der Waals surface area contributed by atoms with E-state index in [2.05, 4.69) is 5.32 Å². The van der Waals surface area contributed by atoms with Crippen LogP contribution in [0.15, 0.2) is 24.3 Å². The number of aromatic hydroxyl groups is 1. The van der Waals surface area contributed by atoms with Gasteiger partial charge in [0.15, 0.2) is 0 Å². The van der Waals surface area contributed by atoms with E-state index in [1.807, 2.05) is 19.1 Å². The molecule has 2 rings (SSSR count). The standard InChI is InChI=1S/C13H18N2O2/c1-2-15-8-13(12(14)17)7-11(13)9-3-5-10(16)6-4-9/h3-6,11,15-16H,2,7-8H2,1H3,(H2,14,17). The second-order valence-corrected chi connectivity index (χ2v) is 4.65. The number of amides is 1. The number of hydrogen-bond acceptors (Lipinski definition) is 3. The Morgan fingerprint density at radius 3 is 2.71 bits per heavy atom. The second kappa shape index (κ2) is 4.37. The van der Waals surface area contributed by atoms with Crippen LogP contribution in [0.3, 0.4) is 0 Å². The van der Waals surface area contributed by atoms with Gasteiger partial charge in [-0.25, -0.2) is 0 Å². The van der Waals surface area contributed by atoms with Gasteiger partial charge in [0, 0.05) is 12.5 Å². The van der Waals surface area contributed by atoms with Crippen molar-refractivity contribution in [3.8, 4) is 5.75 Å². The van der Waals surface area contributed by atoms with Crippen LogP contribution >= 0.6 is 0 Å². The van der Waals surface area contributed by atoms with Gasteiger partial charge in [-0.3, -0.25) is 4.79 Å². The topological polar surface area (TPSA) is 75.3 Å². The molecule has 0 aromatic heterocycles. The third kappa shape index (κ3) is 2.13. The normalized spacial score (nSPS) is 26.8. The summed E-state index contributed by atoms with van der Waals surface area (Å²) >= 11 is 0. The molecule has 92 valence electrons. The van der Waals surface area contributed by atoms with E-state index in [1.54, 1.807) is 12.1 Å². The van der Waals surface area contributed by atoms with Gasteiger partial charge in [-0.15, -0.1) is 0 Å². The van der Waals surface area contributed by atoms with Crippen molar-refractivity contribution in [3.63, 3.8) is 0 Å². The van der Waals surface area contributed by atoms with E-state index < -0.39 is 5.41 Å². The minimum absolute atomic E-state index is 0.180. The van der Waals surface area contributed by atoms with Crippen LogP contribution in [0.5, 0.6) is 5.75 Å². The average Bonchev–Trinajstić information content (AvgIpc) is 3.03. The molecule has 1 aromatic rings. The summed E-state index contributed by atoms with van der Waals surface area (Å²) in [5, 5.41) is 12.4. The van der Waals surface area contributed by atoms with Crippen molar-refractivity contribution in [2.45, 2.75) is 19.3 Å². The first-order valence-electron chi connectivity index (χ1n) is 5.89. The Labute approximate surface area is 101 Å². The maximum atomic E-state index is 11.6. The zero-order chi connectivity index (χ0) is 12.5. The second-order valence-electron chi connectivity index (χ2n) is 4.65. The number of phenols is 1. The van der Waals surface area contributed by atoms with Gasteiger partial charge in [0.1, 0.15) is 5.75 Å². The molecule has 1 aromatic carbocycles. The molecule has 4 heteroatoms. The Bertz CT molecular complexity index is 416. The Balaban J connectivity index is 2.14. The summed E-state index contributed by atoms with van der Waals surface area (Å²) < 4.78 is 0.